The minimum absolute atomic E-state index is 0.111. The van der Waals surface area contributed by atoms with Gasteiger partial charge in [-0.1, -0.05) is 11.8 Å². The summed E-state index contributed by atoms with van der Waals surface area (Å²) >= 11 is 1.60. The Kier molecular flexibility index (Phi) is 4.04. The molecule has 2 rings (SSSR count). The molecule has 0 aliphatic heterocycles. The lowest BCUT2D eigenvalue weighted by Crippen LogP contribution is -2.13. The van der Waals surface area contributed by atoms with Crippen molar-refractivity contribution in [3.8, 4) is 0 Å². The number of halogens is 1. The van der Waals surface area contributed by atoms with Gasteiger partial charge in [0.2, 0.25) is 0 Å². The van der Waals surface area contributed by atoms with Gasteiger partial charge in [0, 0.05) is 24.2 Å². The maximum absolute atomic E-state index is 13.3. The first-order valence-electron chi connectivity index (χ1n) is 5.73. The van der Waals surface area contributed by atoms with Crippen molar-refractivity contribution in [3.63, 3.8) is 0 Å². The van der Waals surface area contributed by atoms with Crippen LogP contribution in [0.25, 0.3) is 0 Å². The van der Waals surface area contributed by atoms with E-state index in [-0.39, 0.29) is 11.9 Å². The van der Waals surface area contributed by atoms with E-state index in [0.29, 0.717) is 0 Å². The van der Waals surface area contributed by atoms with Crippen LogP contribution in [-0.4, -0.2) is 16.8 Å². The van der Waals surface area contributed by atoms with Gasteiger partial charge in [-0.05, 0) is 37.7 Å². The quantitative estimate of drug-likeness (QED) is 0.921. The Bertz CT molecular complexity index is 539. The van der Waals surface area contributed by atoms with Gasteiger partial charge in [0.15, 0.2) is 0 Å². The second kappa shape index (κ2) is 5.54. The average molecular weight is 265 g/mol. The summed E-state index contributed by atoms with van der Waals surface area (Å²) in [5, 5.41) is 7.27. The highest BCUT2D eigenvalue weighted by Crippen LogP contribution is 2.33. The van der Waals surface area contributed by atoms with E-state index in [0.717, 1.165) is 15.4 Å². The largest absolute Gasteiger partial charge is 0.313 e. The fourth-order valence-electron chi connectivity index (χ4n) is 1.68. The number of nitrogens with one attached hydrogen (secondary N) is 1. The number of hydrogen-bond donors (Lipinski definition) is 1. The molecule has 0 aliphatic carbocycles. The van der Waals surface area contributed by atoms with E-state index >= 15 is 0 Å². The Hall–Kier alpha value is -1.33. The molecule has 1 aromatic heterocycles. The Morgan fingerprint density at radius 1 is 1.44 bits per heavy atom. The van der Waals surface area contributed by atoms with Gasteiger partial charge in [-0.15, -0.1) is 0 Å². The third kappa shape index (κ3) is 2.91. The maximum Gasteiger partial charge on any atom is 0.123 e. The second-order valence-electron chi connectivity index (χ2n) is 4.14. The van der Waals surface area contributed by atoms with Crippen LogP contribution in [0.15, 0.2) is 40.4 Å². The van der Waals surface area contributed by atoms with Gasteiger partial charge >= 0.3 is 0 Å². The Balaban J connectivity index is 2.31. The standard InChI is InChI=1S/C13H16FN3S/c1-9(15-2)12-6-10(14)4-5-13(12)18-11-7-16-17(3)8-11/h4-9,15H,1-3H3. The first-order valence-corrected chi connectivity index (χ1v) is 6.55. The van der Waals surface area contributed by atoms with Crippen molar-refractivity contribution in [1.29, 1.82) is 0 Å². The molecule has 0 amide bonds. The van der Waals surface area contributed by atoms with Crippen LogP contribution in [0.4, 0.5) is 4.39 Å². The number of hydrogen-bond acceptors (Lipinski definition) is 3. The second-order valence-corrected chi connectivity index (χ2v) is 5.26. The molecule has 0 bridgehead atoms. The maximum atomic E-state index is 13.3. The first kappa shape index (κ1) is 13.1. The summed E-state index contributed by atoms with van der Waals surface area (Å²) in [4.78, 5) is 2.10. The predicted octanol–water partition coefficient (Wildman–Crippen LogP) is 2.99. The summed E-state index contributed by atoms with van der Waals surface area (Å²) in [6, 6.07) is 5.00. The molecule has 2 aromatic rings. The summed E-state index contributed by atoms with van der Waals surface area (Å²) < 4.78 is 15.1. The van der Waals surface area contributed by atoms with Gasteiger partial charge in [0.1, 0.15) is 5.82 Å². The summed E-state index contributed by atoms with van der Waals surface area (Å²) in [5.74, 6) is -0.206. The van der Waals surface area contributed by atoms with E-state index in [2.05, 4.69) is 10.4 Å². The van der Waals surface area contributed by atoms with Gasteiger partial charge < -0.3 is 5.32 Å². The molecule has 5 heteroatoms. The van der Waals surface area contributed by atoms with Crippen LogP contribution in [-0.2, 0) is 7.05 Å². The van der Waals surface area contributed by atoms with Crippen LogP contribution in [0.2, 0.25) is 0 Å². The van der Waals surface area contributed by atoms with Gasteiger partial charge in [0.05, 0.1) is 11.1 Å². The van der Waals surface area contributed by atoms with Crippen molar-refractivity contribution in [1.82, 2.24) is 15.1 Å². The van der Waals surface area contributed by atoms with Crippen LogP contribution in [0.1, 0.15) is 18.5 Å². The highest BCUT2D eigenvalue weighted by atomic mass is 32.2. The van der Waals surface area contributed by atoms with E-state index < -0.39 is 0 Å². The predicted molar refractivity (Wildman–Crippen MR) is 71.2 cm³/mol. The van der Waals surface area contributed by atoms with E-state index in [1.807, 2.05) is 39.5 Å². The minimum atomic E-state index is -0.206. The van der Waals surface area contributed by atoms with E-state index in [9.17, 15) is 4.39 Å². The average Bonchev–Trinajstić information content (AvgIpc) is 2.76. The molecule has 1 heterocycles. The molecular formula is C13H16FN3S. The van der Waals surface area contributed by atoms with Crippen molar-refractivity contribution in [2.75, 3.05) is 7.05 Å². The van der Waals surface area contributed by atoms with Crippen molar-refractivity contribution in [2.24, 2.45) is 7.05 Å². The zero-order chi connectivity index (χ0) is 13.1. The zero-order valence-corrected chi connectivity index (χ0v) is 11.5. The van der Waals surface area contributed by atoms with Crippen molar-refractivity contribution in [3.05, 3.63) is 42.0 Å². The molecule has 0 fully saturated rings. The topological polar surface area (TPSA) is 29.9 Å². The van der Waals surface area contributed by atoms with Gasteiger partial charge in [-0.2, -0.15) is 5.10 Å². The molecule has 0 saturated carbocycles. The Morgan fingerprint density at radius 2 is 2.22 bits per heavy atom. The smallest absolute Gasteiger partial charge is 0.123 e. The molecule has 1 atom stereocenters. The minimum Gasteiger partial charge on any atom is -0.313 e. The fourth-order valence-corrected chi connectivity index (χ4v) is 2.73. The first-order chi connectivity index (χ1) is 8.60. The summed E-state index contributed by atoms with van der Waals surface area (Å²) in [6.45, 7) is 2.02. The normalized spacial score (nSPS) is 12.7. The van der Waals surface area contributed by atoms with Crippen LogP contribution in [0.5, 0.6) is 0 Å². The molecule has 1 N–H and O–H groups in total. The van der Waals surface area contributed by atoms with Crippen LogP contribution in [0.3, 0.4) is 0 Å². The molecule has 1 aromatic carbocycles. The monoisotopic (exact) mass is 265 g/mol. The highest BCUT2D eigenvalue weighted by Gasteiger charge is 2.12. The summed E-state index contributed by atoms with van der Waals surface area (Å²) in [6.07, 6.45) is 3.75. The zero-order valence-electron chi connectivity index (χ0n) is 10.6. The lowest BCUT2D eigenvalue weighted by Gasteiger charge is -2.15. The van der Waals surface area contributed by atoms with E-state index in [4.69, 9.17) is 0 Å². The third-order valence-electron chi connectivity index (χ3n) is 2.78. The fraction of sp³-hybridized carbons (Fsp3) is 0.308. The van der Waals surface area contributed by atoms with Gasteiger partial charge in [-0.25, -0.2) is 4.39 Å². The van der Waals surface area contributed by atoms with Crippen molar-refractivity contribution >= 4 is 11.8 Å². The number of aryl methyl sites for hydroxylation is 1. The van der Waals surface area contributed by atoms with Crippen LogP contribution >= 0.6 is 11.8 Å². The Morgan fingerprint density at radius 3 is 2.83 bits per heavy atom. The highest BCUT2D eigenvalue weighted by molar-refractivity contribution is 7.99. The number of rotatable bonds is 4. The SMILES string of the molecule is CNC(C)c1cc(F)ccc1Sc1cnn(C)c1. The number of nitrogens with zero attached hydrogens (tertiary/aromatic N) is 2. The van der Waals surface area contributed by atoms with Gasteiger partial charge in [0.25, 0.3) is 0 Å². The molecule has 0 saturated heterocycles. The number of benzene rings is 1. The molecule has 0 spiro atoms. The van der Waals surface area contributed by atoms with Crippen molar-refractivity contribution < 1.29 is 4.39 Å². The molecule has 0 radical (unpaired) electrons. The van der Waals surface area contributed by atoms with E-state index in [1.54, 1.807) is 22.5 Å². The molecule has 1 unspecified atom stereocenters. The van der Waals surface area contributed by atoms with Crippen LogP contribution in [0, 0.1) is 5.82 Å². The lowest BCUT2D eigenvalue weighted by molar-refractivity contribution is 0.601. The third-order valence-corrected chi connectivity index (χ3v) is 3.82. The summed E-state index contributed by atoms with van der Waals surface area (Å²) in [7, 11) is 3.75. The van der Waals surface area contributed by atoms with Crippen molar-refractivity contribution in [2.45, 2.75) is 22.8 Å². The van der Waals surface area contributed by atoms with Crippen LogP contribution < -0.4 is 5.32 Å². The lowest BCUT2D eigenvalue weighted by atomic mass is 10.1. The molecule has 18 heavy (non-hydrogen) atoms. The molecule has 0 aliphatic rings. The molecule has 96 valence electrons. The summed E-state index contributed by atoms with van der Waals surface area (Å²) in [5.41, 5.74) is 0.964. The molecular weight excluding hydrogens is 249 g/mol. The Labute approximate surface area is 110 Å². The molecule has 3 nitrogen and oxygen atoms in total. The van der Waals surface area contributed by atoms with Gasteiger partial charge in [-0.3, -0.25) is 4.68 Å². The van der Waals surface area contributed by atoms with E-state index in [1.165, 1.54) is 6.07 Å². The number of aromatic nitrogens is 2.